The van der Waals surface area contributed by atoms with Crippen LogP contribution in [0.15, 0.2) is 67.1 Å². The highest BCUT2D eigenvalue weighted by atomic mass is 16.5. The van der Waals surface area contributed by atoms with Gasteiger partial charge in [0.1, 0.15) is 24.7 Å². The van der Waals surface area contributed by atoms with E-state index in [0.29, 0.717) is 13.2 Å². The molecule has 2 aromatic carbocycles. The molecule has 0 aliphatic rings. The van der Waals surface area contributed by atoms with Crippen LogP contribution in [-0.2, 0) is 11.3 Å². The van der Waals surface area contributed by atoms with Gasteiger partial charge >= 0.3 is 0 Å². The molecular formula is C23H20N2O2. The summed E-state index contributed by atoms with van der Waals surface area (Å²) in [6.45, 7) is 1.44. The molecule has 0 N–H and O–H groups in total. The van der Waals surface area contributed by atoms with Crippen LogP contribution in [0.1, 0.15) is 16.8 Å². The van der Waals surface area contributed by atoms with Crippen LogP contribution in [0, 0.1) is 23.7 Å². The highest BCUT2D eigenvalue weighted by Crippen LogP contribution is 2.10. The molecule has 0 aliphatic heterocycles. The fourth-order valence-electron chi connectivity index (χ4n) is 2.40. The summed E-state index contributed by atoms with van der Waals surface area (Å²) in [7, 11) is 1.64. The van der Waals surface area contributed by atoms with Crippen molar-refractivity contribution in [1.29, 1.82) is 0 Å². The predicted octanol–water partition coefficient (Wildman–Crippen LogP) is 3.36. The molecule has 0 atom stereocenters. The molecule has 0 spiro atoms. The molecule has 0 aliphatic carbocycles. The highest BCUT2D eigenvalue weighted by molar-refractivity contribution is 5.38. The summed E-state index contributed by atoms with van der Waals surface area (Å²) in [6, 6.07) is 17.8. The molecule has 0 fully saturated rings. The molecule has 27 heavy (non-hydrogen) atoms. The minimum absolute atomic E-state index is 0.322. The maximum atomic E-state index is 5.42. The van der Waals surface area contributed by atoms with Gasteiger partial charge in [0.2, 0.25) is 0 Å². The number of ether oxygens (including phenoxy) is 2. The first-order valence-electron chi connectivity index (χ1n) is 8.59. The van der Waals surface area contributed by atoms with Crippen molar-refractivity contribution in [2.45, 2.75) is 6.54 Å². The van der Waals surface area contributed by atoms with Crippen molar-refractivity contribution in [2.75, 3.05) is 20.3 Å². The van der Waals surface area contributed by atoms with E-state index in [1.165, 1.54) is 5.56 Å². The molecule has 0 saturated carbocycles. The quantitative estimate of drug-likeness (QED) is 0.520. The molecule has 134 valence electrons. The van der Waals surface area contributed by atoms with Crippen molar-refractivity contribution in [3.05, 3.63) is 83.9 Å². The van der Waals surface area contributed by atoms with Crippen LogP contribution in [0.2, 0.25) is 0 Å². The van der Waals surface area contributed by atoms with Gasteiger partial charge in [-0.25, -0.2) is 4.98 Å². The number of methoxy groups -OCH3 is 1. The van der Waals surface area contributed by atoms with Crippen molar-refractivity contribution >= 4 is 0 Å². The third-order valence-electron chi connectivity index (χ3n) is 3.73. The molecular weight excluding hydrogens is 336 g/mol. The van der Waals surface area contributed by atoms with Gasteiger partial charge in [-0.05, 0) is 35.7 Å². The lowest BCUT2D eigenvalue weighted by molar-refractivity contribution is 0.204. The molecule has 0 amide bonds. The van der Waals surface area contributed by atoms with E-state index in [2.05, 4.69) is 40.8 Å². The Balaban J connectivity index is 1.41. The Labute approximate surface area is 159 Å². The van der Waals surface area contributed by atoms with E-state index in [4.69, 9.17) is 9.47 Å². The van der Waals surface area contributed by atoms with Gasteiger partial charge in [0.25, 0.3) is 0 Å². The zero-order valence-electron chi connectivity index (χ0n) is 15.2. The van der Waals surface area contributed by atoms with Crippen LogP contribution in [-0.4, -0.2) is 29.9 Å². The van der Waals surface area contributed by atoms with Gasteiger partial charge in [-0.1, -0.05) is 48.1 Å². The average Bonchev–Trinajstić information content (AvgIpc) is 3.15. The van der Waals surface area contributed by atoms with E-state index >= 15 is 0 Å². The standard InChI is InChI=1S/C23H20N2O2/c1-26-23-13-11-20(12-14-23)9-5-15-27-16-6-10-22-18-25(19-24-22)17-21-7-3-2-4-8-21/h2-4,7-8,11-14,18-19H,15-17H2,1H3. The third-order valence-corrected chi connectivity index (χ3v) is 3.73. The number of rotatable bonds is 5. The van der Waals surface area contributed by atoms with Crippen LogP contribution in [0.3, 0.4) is 0 Å². The summed E-state index contributed by atoms with van der Waals surface area (Å²) in [5.41, 5.74) is 2.89. The van der Waals surface area contributed by atoms with E-state index in [1.807, 2.05) is 53.2 Å². The zero-order valence-corrected chi connectivity index (χ0v) is 15.2. The van der Waals surface area contributed by atoms with Crippen LogP contribution in [0.4, 0.5) is 0 Å². The second kappa shape index (κ2) is 9.87. The summed E-state index contributed by atoms with van der Waals surface area (Å²) in [4.78, 5) is 4.30. The molecule has 0 radical (unpaired) electrons. The van der Waals surface area contributed by atoms with E-state index in [-0.39, 0.29) is 0 Å². The number of imidazole rings is 1. The van der Waals surface area contributed by atoms with Gasteiger partial charge in [-0.3, -0.25) is 0 Å². The summed E-state index contributed by atoms with van der Waals surface area (Å²) in [6.07, 6.45) is 3.72. The maximum absolute atomic E-state index is 5.42. The second-order valence-electron chi connectivity index (χ2n) is 5.74. The summed E-state index contributed by atoms with van der Waals surface area (Å²) in [5.74, 6) is 12.8. The molecule has 3 rings (SSSR count). The maximum Gasteiger partial charge on any atom is 0.131 e. The van der Waals surface area contributed by atoms with Crippen molar-refractivity contribution < 1.29 is 9.47 Å². The number of nitrogens with zero attached hydrogens (tertiary/aromatic N) is 2. The van der Waals surface area contributed by atoms with E-state index in [9.17, 15) is 0 Å². The van der Waals surface area contributed by atoms with Crippen molar-refractivity contribution in [3.63, 3.8) is 0 Å². The highest BCUT2D eigenvalue weighted by Gasteiger charge is 1.96. The largest absolute Gasteiger partial charge is 0.497 e. The van der Waals surface area contributed by atoms with Crippen LogP contribution >= 0.6 is 0 Å². The molecule has 1 heterocycles. The summed E-state index contributed by atoms with van der Waals surface area (Å²) in [5, 5.41) is 0. The van der Waals surface area contributed by atoms with Crippen molar-refractivity contribution in [3.8, 4) is 29.4 Å². The fourth-order valence-corrected chi connectivity index (χ4v) is 2.40. The van der Waals surface area contributed by atoms with Crippen LogP contribution in [0.5, 0.6) is 5.75 Å². The summed E-state index contributed by atoms with van der Waals surface area (Å²) < 4.78 is 12.5. The summed E-state index contributed by atoms with van der Waals surface area (Å²) >= 11 is 0. The van der Waals surface area contributed by atoms with Crippen molar-refractivity contribution in [2.24, 2.45) is 0 Å². The number of hydrogen-bond donors (Lipinski definition) is 0. The smallest absolute Gasteiger partial charge is 0.131 e. The average molecular weight is 356 g/mol. The zero-order chi connectivity index (χ0) is 18.7. The van der Waals surface area contributed by atoms with E-state index in [1.54, 1.807) is 13.4 Å². The van der Waals surface area contributed by atoms with Gasteiger partial charge in [-0.15, -0.1) is 0 Å². The number of benzene rings is 2. The topological polar surface area (TPSA) is 36.3 Å². The Morgan fingerprint density at radius 2 is 1.67 bits per heavy atom. The molecule has 1 aromatic heterocycles. The lowest BCUT2D eigenvalue weighted by Gasteiger charge is -2.00. The minimum atomic E-state index is 0.322. The Morgan fingerprint density at radius 3 is 2.41 bits per heavy atom. The first-order valence-corrected chi connectivity index (χ1v) is 8.59. The molecule has 3 aromatic rings. The first kappa shape index (κ1) is 18.3. The second-order valence-corrected chi connectivity index (χ2v) is 5.74. The Bertz CT molecular complexity index is 968. The number of aromatic nitrogens is 2. The SMILES string of the molecule is COc1ccc(C#CCOCC#Cc2cn(Cc3ccccc3)cn2)cc1. The lowest BCUT2D eigenvalue weighted by Crippen LogP contribution is -1.95. The van der Waals surface area contributed by atoms with Crippen LogP contribution in [0.25, 0.3) is 0 Å². The normalized spacial score (nSPS) is 9.67. The minimum Gasteiger partial charge on any atom is -0.497 e. The van der Waals surface area contributed by atoms with Gasteiger partial charge in [0.05, 0.1) is 13.4 Å². The molecule has 0 bridgehead atoms. The Morgan fingerprint density at radius 1 is 0.926 bits per heavy atom. The lowest BCUT2D eigenvalue weighted by atomic mass is 10.2. The molecule has 0 saturated heterocycles. The fraction of sp³-hybridized carbons (Fsp3) is 0.174. The Hall–Kier alpha value is -3.47. The van der Waals surface area contributed by atoms with Gasteiger partial charge in [0, 0.05) is 18.3 Å². The van der Waals surface area contributed by atoms with E-state index < -0.39 is 0 Å². The monoisotopic (exact) mass is 356 g/mol. The molecule has 4 nitrogen and oxygen atoms in total. The number of hydrogen-bond acceptors (Lipinski definition) is 3. The van der Waals surface area contributed by atoms with Crippen molar-refractivity contribution in [1.82, 2.24) is 9.55 Å². The van der Waals surface area contributed by atoms with Crippen LogP contribution < -0.4 is 4.74 Å². The van der Waals surface area contributed by atoms with Gasteiger partial charge < -0.3 is 14.0 Å². The van der Waals surface area contributed by atoms with E-state index in [0.717, 1.165) is 23.6 Å². The van der Waals surface area contributed by atoms with Gasteiger partial charge in [-0.2, -0.15) is 0 Å². The predicted molar refractivity (Wildman–Crippen MR) is 105 cm³/mol. The van der Waals surface area contributed by atoms with Gasteiger partial charge in [0.15, 0.2) is 0 Å². The molecule has 0 unspecified atom stereocenters. The Kier molecular flexibility index (Phi) is 6.70. The molecule has 4 heteroatoms. The third kappa shape index (κ3) is 6.08. The first-order chi connectivity index (χ1) is 13.3.